The van der Waals surface area contributed by atoms with E-state index in [1.165, 1.54) is 6.33 Å². The quantitative estimate of drug-likeness (QED) is 0.209. The molecule has 0 radical (unpaired) electrons. The Balaban J connectivity index is 0.740. The van der Waals surface area contributed by atoms with Crippen molar-refractivity contribution in [1.29, 1.82) is 0 Å². The zero-order chi connectivity index (χ0) is 38.1. The molecule has 2 aromatic heterocycles. The Morgan fingerprint density at radius 2 is 1.57 bits per heavy atom. The van der Waals surface area contributed by atoms with Crippen LogP contribution in [0.4, 0.5) is 11.5 Å². The highest BCUT2D eigenvalue weighted by Gasteiger charge is 2.48. The summed E-state index contributed by atoms with van der Waals surface area (Å²) in [6.07, 6.45) is 6.07. The summed E-state index contributed by atoms with van der Waals surface area (Å²) in [4.78, 5) is 65.3. The molecule has 14 heteroatoms. The second kappa shape index (κ2) is 13.3. The highest BCUT2D eigenvalue weighted by atomic mass is 16.5. The number of hydrogen-bond acceptors (Lipinski definition) is 11. The molecule has 56 heavy (non-hydrogen) atoms. The van der Waals surface area contributed by atoms with Crippen LogP contribution in [-0.4, -0.2) is 91.9 Å². The van der Waals surface area contributed by atoms with Crippen molar-refractivity contribution in [2.75, 3.05) is 43.4 Å². The first-order chi connectivity index (χ1) is 27.2. The standard InChI is InChI=1S/C42H41N9O5/c43-37-35-36(26-6-9-30(10-7-26)56-29-4-2-1-3-5-29)47-51(38(35)45-24-44-37)27-14-16-42(17-15-27)22-48(23-42)19-25-20-49(21-25)28-8-11-31-32(18-28)41(55)50(40(31)54)33-12-13-34(52)46-39(33)53/h1-11,18,24-25,27,33H,12-17,19-23H2,(H2,43,44,45)(H,46,52,53)/t33-/m0/s1. The van der Waals surface area contributed by atoms with E-state index in [1.807, 2.05) is 60.7 Å². The number of nitrogens with one attached hydrogen (secondary N) is 1. The van der Waals surface area contributed by atoms with Gasteiger partial charge in [-0.25, -0.2) is 14.6 Å². The first kappa shape index (κ1) is 34.3. The molecule has 4 fully saturated rings. The summed E-state index contributed by atoms with van der Waals surface area (Å²) in [7, 11) is 0. The smallest absolute Gasteiger partial charge is 0.262 e. The average molecular weight is 752 g/mol. The third-order valence-corrected chi connectivity index (χ3v) is 12.4. The van der Waals surface area contributed by atoms with Gasteiger partial charge in [0.05, 0.1) is 22.6 Å². The van der Waals surface area contributed by atoms with Gasteiger partial charge in [0.1, 0.15) is 35.4 Å². The number of nitrogen functional groups attached to an aromatic ring is 1. The zero-order valence-corrected chi connectivity index (χ0v) is 30.8. The molecule has 0 bridgehead atoms. The Morgan fingerprint density at radius 1 is 0.839 bits per heavy atom. The van der Waals surface area contributed by atoms with Gasteiger partial charge < -0.3 is 20.3 Å². The monoisotopic (exact) mass is 751 g/mol. The fourth-order valence-corrected chi connectivity index (χ4v) is 9.48. The number of hydrogen-bond donors (Lipinski definition) is 2. The highest BCUT2D eigenvalue weighted by Crippen LogP contribution is 2.48. The SMILES string of the molecule is Nc1ncnc2c1c(-c1ccc(Oc3ccccc3)cc1)nn2C1CCC2(CC1)CN(CC1CN(c3ccc4c(c3)C(=O)N([C@H]3CCC(=O)NC3=O)C4=O)C1)C2. The predicted octanol–water partition coefficient (Wildman–Crippen LogP) is 4.82. The summed E-state index contributed by atoms with van der Waals surface area (Å²) in [5, 5.41) is 8.15. The minimum atomic E-state index is -0.963. The van der Waals surface area contributed by atoms with Crippen molar-refractivity contribution in [2.45, 2.75) is 50.6 Å². The van der Waals surface area contributed by atoms with Gasteiger partial charge in [-0.2, -0.15) is 5.10 Å². The van der Waals surface area contributed by atoms with E-state index in [2.05, 4.69) is 29.8 Å². The summed E-state index contributed by atoms with van der Waals surface area (Å²) in [6, 6.07) is 22.2. The van der Waals surface area contributed by atoms with Crippen LogP contribution in [0.15, 0.2) is 79.1 Å². The van der Waals surface area contributed by atoms with Gasteiger partial charge in [-0.05, 0) is 92.1 Å². The maximum Gasteiger partial charge on any atom is 0.262 e. The van der Waals surface area contributed by atoms with Crippen molar-refractivity contribution in [3.05, 3.63) is 90.3 Å². The molecule has 3 aromatic carbocycles. The molecular formula is C42H41N9O5. The number of likely N-dealkylation sites (tertiary alicyclic amines) is 1. The maximum atomic E-state index is 13.3. The molecule has 1 atom stereocenters. The van der Waals surface area contributed by atoms with E-state index in [9.17, 15) is 19.2 Å². The van der Waals surface area contributed by atoms with Crippen LogP contribution in [-0.2, 0) is 9.59 Å². The molecule has 1 aliphatic carbocycles. The van der Waals surface area contributed by atoms with Crippen LogP contribution in [0.1, 0.15) is 65.3 Å². The van der Waals surface area contributed by atoms with Crippen LogP contribution >= 0.6 is 0 Å². The molecule has 0 unspecified atom stereocenters. The maximum absolute atomic E-state index is 13.3. The summed E-state index contributed by atoms with van der Waals surface area (Å²) in [5.74, 6) is 0.526. The first-order valence-electron chi connectivity index (χ1n) is 19.4. The molecule has 1 spiro atoms. The number of aromatic nitrogens is 4. The lowest BCUT2D eigenvalue weighted by atomic mass is 9.67. The summed E-state index contributed by atoms with van der Waals surface area (Å²) in [6.45, 7) is 4.99. The topological polar surface area (TPSA) is 169 Å². The number of amides is 4. The third-order valence-electron chi connectivity index (χ3n) is 12.4. The fraction of sp³-hybridized carbons (Fsp3) is 0.357. The number of fused-ring (bicyclic) bond motifs is 2. The number of carbonyl (C=O) groups excluding carboxylic acids is 4. The third kappa shape index (κ3) is 5.86. The van der Waals surface area contributed by atoms with Crippen LogP contribution in [0.5, 0.6) is 11.5 Å². The van der Waals surface area contributed by atoms with Gasteiger partial charge >= 0.3 is 0 Å². The van der Waals surface area contributed by atoms with Crippen LogP contribution in [0.3, 0.4) is 0 Å². The Bertz CT molecular complexity index is 2390. The van der Waals surface area contributed by atoms with Crippen molar-refractivity contribution < 1.29 is 23.9 Å². The number of piperidine rings is 1. The number of rotatable bonds is 8. The number of anilines is 2. The van der Waals surface area contributed by atoms with E-state index in [0.717, 1.165) is 103 Å². The molecule has 14 nitrogen and oxygen atoms in total. The van der Waals surface area contributed by atoms with Gasteiger partial charge in [0.25, 0.3) is 11.8 Å². The van der Waals surface area contributed by atoms with Crippen LogP contribution in [0.2, 0.25) is 0 Å². The second-order valence-electron chi connectivity index (χ2n) is 16.0. The van der Waals surface area contributed by atoms with Crippen LogP contribution < -0.4 is 20.7 Å². The molecule has 5 aliphatic rings. The van der Waals surface area contributed by atoms with E-state index in [1.54, 1.807) is 12.1 Å². The molecule has 4 amide bonds. The molecule has 1 saturated carbocycles. The van der Waals surface area contributed by atoms with Gasteiger partial charge in [0.15, 0.2) is 5.65 Å². The van der Waals surface area contributed by atoms with Crippen LogP contribution in [0, 0.1) is 11.3 Å². The molecule has 284 valence electrons. The molecule has 5 aromatic rings. The van der Waals surface area contributed by atoms with E-state index in [4.69, 9.17) is 15.6 Å². The molecule has 10 rings (SSSR count). The first-order valence-corrected chi connectivity index (χ1v) is 19.4. The number of carbonyl (C=O) groups is 4. The normalized spacial score (nSPS) is 21.3. The van der Waals surface area contributed by atoms with Crippen LogP contribution in [0.25, 0.3) is 22.3 Å². The van der Waals surface area contributed by atoms with E-state index < -0.39 is 23.8 Å². The van der Waals surface area contributed by atoms with E-state index >= 15 is 0 Å². The lowest BCUT2D eigenvalue weighted by Gasteiger charge is -2.55. The molecule has 3 N–H and O–H groups in total. The summed E-state index contributed by atoms with van der Waals surface area (Å²) in [5.41, 5.74) is 10.8. The lowest BCUT2D eigenvalue weighted by molar-refractivity contribution is -0.136. The highest BCUT2D eigenvalue weighted by molar-refractivity contribution is 6.23. The Kier molecular flexibility index (Phi) is 8.13. The van der Waals surface area contributed by atoms with Gasteiger partial charge in [-0.1, -0.05) is 18.2 Å². The van der Waals surface area contributed by atoms with Crippen molar-refractivity contribution in [2.24, 2.45) is 11.3 Å². The van der Waals surface area contributed by atoms with Crippen molar-refractivity contribution in [1.82, 2.24) is 34.9 Å². The second-order valence-corrected chi connectivity index (χ2v) is 16.0. The average Bonchev–Trinajstić information content (AvgIpc) is 3.68. The van der Waals surface area contributed by atoms with Gasteiger partial charge in [0, 0.05) is 56.3 Å². The summed E-state index contributed by atoms with van der Waals surface area (Å²) < 4.78 is 8.08. The number of ether oxygens (including phenoxy) is 1. The van der Waals surface area contributed by atoms with Crippen molar-refractivity contribution >= 4 is 46.2 Å². The Morgan fingerprint density at radius 3 is 2.32 bits per heavy atom. The molecular weight excluding hydrogens is 711 g/mol. The molecule has 6 heterocycles. The largest absolute Gasteiger partial charge is 0.457 e. The molecule has 4 aliphatic heterocycles. The number of nitrogens with two attached hydrogens (primary N) is 1. The number of nitrogens with zero attached hydrogens (tertiary/aromatic N) is 7. The Hall–Kier alpha value is -6.15. The Labute approximate surface area is 322 Å². The van der Waals surface area contributed by atoms with Gasteiger partial charge in [-0.3, -0.25) is 29.4 Å². The molecule has 3 saturated heterocycles. The minimum absolute atomic E-state index is 0.0988. The minimum Gasteiger partial charge on any atom is -0.457 e. The number of imide groups is 2. The lowest BCUT2D eigenvalue weighted by Crippen LogP contribution is -2.61. The number of para-hydroxylation sites is 1. The van der Waals surface area contributed by atoms with Gasteiger partial charge in [-0.15, -0.1) is 0 Å². The van der Waals surface area contributed by atoms with Gasteiger partial charge in [0.2, 0.25) is 11.8 Å². The van der Waals surface area contributed by atoms with E-state index in [-0.39, 0.29) is 24.8 Å². The fourth-order valence-electron chi connectivity index (χ4n) is 9.48. The van der Waals surface area contributed by atoms with Crippen molar-refractivity contribution in [3.63, 3.8) is 0 Å². The van der Waals surface area contributed by atoms with E-state index in [0.29, 0.717) is 28.3 Å². The summed E-state index contributed by atoms with van der Waals surface area (Å²) >= 11 is 0. The van der Waals surface area contributed by atoms with Crippen molar-refractivity contribution in [3.8, 4) is 22.8 Å². The number of benzene rings is 3. The predicted molar refractivity (Wildman–Crippen MR) is 207 cm³/mol. The zero-order valence-electron chi connectivity index (χ0n) is 30.8.